The lowest BCUT2D eigenvalue weighted by molar-refractivity contribution is -0.307. The number of rotatable bonds is 7. The first kappa shape index (κ1) is 24.8. The highest BCUT2D eigenvalue weighted by Gasteiger charge is 2.46. The second kappa shape index (κ2) is 10.4. The largest absolute Gasteiger partial charge is 0.493 e. The first-order valence-corrected chi connectivity index (χ1v) is 9.96. The summed E-state index contributed by atoms with van der Waals surface area (Å²) in [6.07, 6.45) is -13.1. The van der Waals surface area contributed by atoms with Gasteiger partial charge in [0.15, 0.2) is 23.6 Å². The van der Waals surface area contributed by atoms with E-state index in [1.54, 1.807) is 0 Å². The van der Waals surface area contributed by atoms with Gasteiger partial charge in [-0.25, -0.2) is 0 Å². The molecule has 2 fully saturated rings. The number of carbonyl (C=O) groups excluding carboxylic acids is 1. The number of methoxy groups -OCH3 is 1. The monoisotopic (exact) mass is 460 g/mol. The number of hydrogen-bond donors (Lipinski definition) is 6. The molecule has 2 aliphatic heterocycles. The van der Waals surface area contributed by atoms with E-state index in [2.05, 4.69) is 0 Å². The summed E-state index contributed by atoms with van der Waals surface area (Å²) in [4.78, 5) is 11.6. The number of aliphatic hydroxyl groups is 6. The zero-order valence-corrected chi connectivity index (χ0v) is 17.5. The Morgan fingerprint density at radius 2 is 1.66 bits per heavy atom. The van der Waals surface area contributed by atoms with E-state index in [9.17, 15) is 35.4 Å². The molecule has 1 aromatic rings. The van der Waals surface area contributed by atoms with Crippen LogP contribution in [0, 0.1) is 0 Å². The van der Waals surface area contributed by atoms with Gasteiger partial charge in [0.05, 0.1) is 20.3 Å². The molecule has 0 spiro atoms. The lowest BCUT2D eigenvalue weighted by atomic mass is 9.99. The van der Waals surface area contributed by atoms with Crippen molar-refractivity contribution < 1.29 is 59.1 Å². The normalized spacial score (nSPS) is 37.7. The number of hydrogen-bond acceptors (Lipinski definition) is 12. The Kier molecular flexibility index (Phi) is 8.03. The third-order valence-corrected chi connectivity index (χ3v) is 5.36. The molecule has 9 atom stereocenters. The third kappa shape index (κ3) is 5.20. The van der Waals surface area contributed by atoms with Crippen molar-refractivity contribution in [3.8, 4) is 11.5 Å². The van der Waals surface area contributed by atoms with E-state index in [0.29, 0.717) is 5.56 Å². The number of Topliss-reactive ketones (excluding diaryl/α,β-unsaturated/α-hetero) is 1. The molecule has 0 radical (unpaired) electrons. The molecule has 0 amide bonds. The Morgan fingerprint density at radius 3 is 2.31 bits per heavy atom. The van der Waals surface area contributed by atoms with Crippen molar-refractivity contribution >= 4 is 5.78 Å². The highest BCUT2D eigenvalue weighted by Crippen LogP contribution is 2.32. The van der Waals surface area contributed by atoms with Crippen molar-refractivity contribution in [1.29, 1.82) is 0 Å². The molecule has 6 N–H and O–H groups in total. The molecule has 12 nitrogen and oxygen atoms in total. The number of carbonyl (C=O) groups is 1. The topological polar surface area (TPSA) is 185 Å². The zero-order valence-electron chi connectivity index (χ0n) is 17.5. The Hall–Kier alpha value is -1.87. The predicted molar refractivity (Wildman–Crippen MR) is 104 cm³/mol. The number of ketones is 1. The molecule has 32 heavy (non-hydrogen) atoms. The second-order valence-electron chi connectivity index (χ2n) is 7.64. The van der Waals surface area contributed by atoms with E-state index in [0.717, 1.165) is 0 Å². The molecular formula is C20H28O12. The maximum absolute atomic E-state index is 11.6. The van der Waals surface area contributed by atoms with Gasteiger partial charge in [-0.2, -0.15) is 0 Å². The average Bonchev–Trinajstić information content (AvgIpc) is 2.78. The number of benzene rings is 1. The van der Waals surface area contributed by atoms with Crippen LogP contribution in [-0.4, -0.2) is 112 Å². The molecule has 2 saturated heterocycles. The Morgan fingerprint density at radius 1 is 0.969 bits per heavy atom. The van der Waals surface area contributed by atoms with Crippen LogP contribution < -0.4 is 9.47 Å². The summed E-state index contributed by atoms with van der Waals surface area (Å²) in [5, 5.41) is 59.9. The van der Waals surface area contributed by atoms with Crippen molar-refractivity contribution in [2.45, 2.75) is 62.2 Å². The van der Waals surface area contributed by atoms with Crippen molar-refractivity contribution in [2.75, 3.05) is 20.3 Å². The minimum Gasteiger partial charge on any atom is -0.493 e. The minimum atomic E-state index is -1.66. The van der Waals surface area contributed by atoms with Gasteiger partial charge in [0.1, 0.15) is 42.7 Å². The van der Waals surface area contributed by atoms with Crippen LogP contribution in [0.1, 0.15) is 17.3 Å². The van der Waals surface area contributed by atoms with Gasteiger partial charge in [0, 0.05) is 5.56 Å². The SMILES string of the molecule is COc1cc(C(C)=O)ccc1O[C@@H]1O[C@H](CO[C@@H]2OC[C@H](O)[C@H](O)[C@H]2O)[C@@H](O)[C@@H](O)[C@H]1O. The molecule has 3 rings (SSSR count). The van der Waals surface area contributed by atoms with Gasteiger partial charge in [0.25, 0.3) is 0 Å². The number of aliphatic hydroxyl groups excluding tert-OH is 6. The van der Waals surface area contributed by atoms with Crippen LogP contribution in [0.3, 0.4) is 0 Å². The van der Waals surface area contributed by atoms with Gasteiger partial charge in [-0.3, -0.25) is 4.79 Å². The van der Waals surface area contributed by atoms with Gasteiger partial charge in [-0.05, 0) is 25.1 Å². The van der Waals surface area contributed by atoms with Gasteiger partial charge < -0.3 is 54.3 Å². The first-order valence-electron chi connectivity index (χ1n) is 9.96. The fourth-order valence-corrected chi connectivity index (χ4v) is 3.38. The summed E-state index contributed by atoms with van der Waals surface area (Å²) in [5.41, 5.74) is 0.374. The molecule has 0 bridgehead atoms. The van der Waals surface area contributed by atoms with E-state index < -0.39 is 61.9 Å². The Bertz CT molecular complexity index is 788. The second-order valence-corrected chi connectivity index (χ2v) is 7.64. The van der Waals surface area contributed by atoms with E-state index >= 15 is 0 Å². The molecule has 2 aliphatic rings. The van der Waals surface area contributed by atoms with Gasteiger partial charge in [-0.1, -0.05) is 0 Å². The third-order valence-electron chi connectivity index (χ3n) is 5.36. The molecule has 0 saturated carbocycles. The van der Waals surface area contributed by atoms with Gasteiger partial charge in [0.2, 0.25) is 6.29 Å². The van der Waals surface area contributed by atoms with E-state index in [4.69, 9.17) is 23.7 Å². The summed E-state index contributed by atoms with van der Waals surface area (Å²) in [7, 11) is 1.36. The average molecular weight is 460 g/mol. The van der Waals surface area contributed by atoms with Crippen LogP contribution >= 0.6 is 0 Å². The fourth-order valence-electron chi connectivity index (χ4n) is 3.38. The summed E-state index contributed by atoms with van der Waals surface area (Å²) in [6, 6.07) is 4.37. The predicted octanol–water partition coefficient (Wildman–Crippen LogP) is -2.46. The van der Waals surface area contributed by atoms with Crippen LogP contribution in [-0.2, 0) is 14.2 Å². The fraction of sp³-hybridized carbons (Fsp3) is 0.650. The highest BCUT2D eigenvalue weighted by molar-refractivity contribution is 5.94. The quantitative estimate of drug-likeness (QED) is 0.236. The Labute approximate surface area is 183 Å². The van der Waals surface area contributed by atoms with Crippen molar-refractivity contribution in [1.82, 2.24) is 0 Å². The maximum Gasteiger partial charge on any atom is 0.229 e. The first-order chi connectivity index (χ1) is 15.1. The molecule has 180 valence electrons. The van der Waals surface area contributed by atoms with Gasteiger partial charge in [-0.15, -0.1) is 0 Å². The van der Waals surface area contributed by atoms with Crippen LogP contribution in [0.5, 0.6) is 11.5 Å². The molecule has 2 heterocycles. The van der Waals surface area contributed by atoms with Crippen LogP contribution in [0.25, 0.3) is 0 Å². The van der Waals surface area contributed by atoms with Crippen molar-refractivity contribution in [3.05, 3.63) is 23.8 Å². The minimum absolute atomic E-state index is 0.118. The standard InChI is InChI=1S/C20H28O12/c1-8(21)9-3-4-11(12(5-9)28-2)31-20-18(27)16(25)15(24)13(32-20)7-30-19-17(26)14(23)10(22)6-29-19/h3-5,10,13-20,22-27H,6-7H2,1-2H3/t10-,13+,14-,15+,16+,17+,18+,19-,20+/m0/s1. The Balaban J connectivity index is 1.68. The van der Waals surface area contributed by atoms with Crippen molar-refractivity contribution in [2.24, 2.45) is 0 Å². The number of ether oxygens (including phenoxy) is 5. The van der Waals surface area contributed by atoms with E-state index in [1.807, 2.05) is 0 Å². The summed E-state index contributed by atoms with van der Waals surface area (Å²) < 4.78 is 26.9. The zero-order chi connectivity index (χ0) is 23.6. The van der Waals surface area contributed by atoms with Crippen LogP contribution in [0.15, 0.2) is 18.2 Å². The van der Waals surface area contributed by atoms with E-state index in [1.165, 1.54) is 32.2 Å². The molecule has 12 heteroatoms. The lowest BCUT2D eigenvalue weighted by Gasteiger charge is -2.41. The molecular weight excluding hydrogens is 432 g/mol. The smallest absolute Gasteiger partial charge is 0.229 e. The van der Waals surface area contributed by atoms with Crippen LogP contribution in [0.2, 0.25) is 0 Å². The highest BCUT2D eigenvalue weighted by atomic mass is 16.7. The van der Waals surface area contributed by atoms with Crippen molar-refractivity contribution in [3.63, 3.8) is 0 Å². The van der Waals surface area contributed by atoms with E-state index in [-0.39, 0.29) is 23.9 Å². The van der Waals surface area contributed by atoms with Gasteiger partial charge >= 0.3 is 0 Å². The molecule has 0 aliphatic carbocycles. The lowest BCUT2D eigenvalue weighted by Crippen LogP contribution is -2.61. The molecule has 0 unspecified atom stereocenters. The summed E-state index contributed by atoms with van der Waals surface area (Å²) in [6.45, 7) is 0.703. The van der Waals surface area contributed by atoms with Crippen LogP contribution in [0.4, 0.5) is 0 Å². The summed E-state index contributed by atoms with van der Waals surface area (Å²) in [5.74, 6) is 0.116. The maximum atomic E-state index is 11.6. The summed E-state index contributed by atoms with van der Waals surface area (Å²) >= 11 is 0. The molecule has 1 aromatic carbocycles. The molecule has 0 aromatic heterocycles.